The topological polar surface area (TPSA) is 155 Å². The molecule has 0 unspecified atom stereocenters. The molecule has 1 aliphatic heterocycles. The lowest BCUT2D eigenvalue weighted by atomic mass is 10.1. The quantitative estimate of drug-likeness (QED) is 0.493. The predicted molar refractivity (Wildman–Crippen MR) is 110 cm³/mol. The Hall–Kier alpha value is -4.38. The number of nitrogens with zero attached hydrogens (tertiary/aromatic N) is 5. The Morgan fingerprint density at radius 1 is 1.19 bits per heavy atom. The van der Waals surface area contributed by atoms with Crippen LogP contribution in [-0.2, 0) is 11.3 Å². The summed E-state index contributed by atoms with van der Waals surface area (Å²) in [6.07, 6.45) is 0.530. The fourth-order valence-corrected chi connectivity index (χ4v) is 3.20. The summed E-state index contributed by atoms with van der Waals surface area (Å²) in [5.74, 6) is -0.501. The number of halogens is 1. The van der Waals surface area contributed by atoms with E-state index in [4.69, 9.17) is 21.1 Å². The second kappa shape index (κ2) is 9.41. The molecule has 0 saturated carbocycles. The molecule has 1 amide bonds. The molecule has 0 atom stereocenters. The minimum Gasteiger partial charge on any atom is -0.444 e. The number of carbonyl (C=O) groups excluding carboxylic acids is 1. The zero-order chi connectivity index (χ0) is 22.4. The van der Waals surface area contributed by atoms with Crippen molar-refractivity contribution < 1.29 is 13.9 Å². The Balaban J connectivity index is 1.73. The van der Waals surface area contributed by atoms with Crippen LogP contribution in [0.4, 0.5) is 20.7 Å². The molecule has 31 heavy (non-hydrogen) atoms. The highest BCUT2D eigenvalue weighted by molar-refractivity contribution is 5.90. The van der Waals surface area contributed by atoms with Gasteiger partial charge in [0.15, 0.2) is 11.8 Å². The Kier molecular flexibility index (Phi) is 6.48. The van der Waals surface area contributed by atoms with Gasteiger partial charge < -0.3 is 20.3 Å². The van der Waals surface area contributed by atoms with Crippen LogP contribution >= 0.6 is 0 Å². The first-order valence-corrected chi connectivity index (χ1v) is 9.28. The van der Waals surface area contributed by atoms with E-state index in [9.17, 15) is 10.1 Å². The van der Waals surface area contributed by atoms with Crippen LogP contribution in [0.2, 0.25) is 0 Å². The van der Waals surface area contributed by atoms with Crippen molar-refractivity contribution in [3.8, 4) is 12.1 Å². The van der Waals surface area contributed by atoms with Gasteiger partial charge in [0.2, 0.25) is 0 Å². The number of nitrogens with two attached hydrogens (primary N) is 1. The fraction of sp³-hybridized carbons (Fsp3) is 0.250. The van der Waals surface area contributed by atoms with Gasteiger partial charge in [-0.3, -0.25) is 10.7 Å². The second-order valence-electron chi connectivity index (χ2n) is 6.65. The summed E-state index contributed by atoms with van der Waals surface area (Å²) in [7, 11) is 0. The minimum atomic E-state index is -0.971. The lowest BCUT2D eigenvalue weighted by Gasteiger charge is -2.37. The maximum absolute atomic E-state index is 15.2. The summed E-state index contributed by atoms with van der Waals surface area (Å²) >= 11 is 0. The number of hydrogen-bond donors (Lipinski definition) is 3. The molecule has 1 fully saturated rings. The number of anilines is 2. The van der Waals surface area contributed by atoms with Crippen LogP contribution in [0.1, 0.15) is 16.7 Å². The lowest BCUT2D eigenvalue weighted by Crippen LogP contribution is -2.47. The van der Waals surface area contributed by atoms with Crippen LogP contribution < -0.4 is 20.9 Å². The van der Waals surface area contributed by atoms with Gasteiger partial charge in [-0.05, 0) is 18.2 Å². The van der Waals surface area contributed by atoms with E-state index in [0.717, 1.165) is 5.82 Å². The third-order valence-electron chi connectivity index (χ3n) is 4.71. The number of piperazine rings is 1. The molecule has 10 nitrogen and oxygen atoms in total. The van der Waals surface area contributed by atoms with E-state index in [1.165, 1.54) is 18.3 Å². The van der Waals surface area contributed by atoms with Gasteiger partial charge in [0.1, 0.15) is 24.6 Å². The number of alkyl carbamates (subject to hydrolysis) is 1. The number of amides is 1. The van der Waals surface area contributed by atoms with E-state index < -0.39 is 17.9 Å². The second-order valence-corrected chi connectivity index (χ2v) is 6.65. The van der Waals surface area contributed by atoms with Crippen LogP contribution in [0, 0.1) is 33.9 Å². The zero-order valence-corrected chi connectivity index (χ0v) is 16.4. The number of rotatable bonds is 4. The van der Waals surface area contributed by atoms with Gasteiger partial charge in [0.25, 0.3) is 0 Å². The van der Waals surface area contributed by atoms with Gasteiger partial charge in [-0.15, -0.1) is 0 Å². The smallest absolute Gasteiger partial charge is 0.414 e. The number of hydrogen-bond acceptors (Lipinski definition) is 8. The van der Waals surface area contributed by atoms with Crippen molar-refractivity contribution in [1.82, 2.24) is 10.3 Å². The first-order chi connectivity index (χ1) is 14.9. The number of carbonyl (C=O) groups is 1. The molecule has 3 rings (SSSR count). The molecule has 1 saturated heterocycles. The largest absolute Gasteiger partial charge is 0.444 e. The minimum absolute atomic E-state index is 0.101. The van der Waals surface area contributed by atoms with E-state index in [1.54, 1.807) is 17.0 Å². The fourth-order valence-electron chi connectivity index (χ4n) is 3.20. The lowest BCUT2D eigenvalue weighted by molar-refractivity contribution is 0.143. The molecular weight excluding hydrogens is 403 g/mol. The summed E-state index contributed by atoms with van der Waals surface area (Å²) in [6.45, 7) is 1.61. The molecule has 0 spiro atoms. The highest BCUT2D eigenvalue weighted by Gasteiger charge is 2.25. The van der Waals surface area contributed by atoms with Gasteiger partial charge >= 0.3 is 6.09 Å². The number of nitriles is 2. The molecule has 0 bridgehead atoms. The summed E-state index contributed by atoms with van der Waals surface area (Å²) in [4.78, 5) is 19.6. The monoisotopic (exact) mass is 422 g/mol. The Bertz CT molecular complexity index is 1070. The maximum atomic E-state index is 15.2. The Labute approximate surface area is 177 Å². The van der Waals surface area contributed by atoms with Gasteiger partial charge in [0, 0.05) is 37.9 Å². The average molecular weight is 422 g/mol. The molecule has 0 aliphatic carbocycles. The molecule has 158 valence electrons. The van der Waals surface area contributed by atoms with Crippen LogP contribution in [0.5, 0.6) is 0 Å². The van der Waals surface area contributed by atoms with Crippen LogP contribution in [0.25, 0.3) is 0 Å². The van der Waals surface area contributed by atoms with Gasteiger partial charge in [-0.2, -0.15) is 10.5 Å². The number of nitrogens with one attached hydrogen (secondary N) is 2. The van der Waals surface area contributed by atoms with Crippen molar-refractivity contribution in [2.75, 3.05) is 36.0 Å². The number of guanidine groups is 1. The van der Waals surface area contributed by atoms with Crippen LogP contribution in [0.15, 0.2) is 30.5 Å². The molecule has 2 aromatic rings. The highest BCUT2D eigenvalue weighted by Crippen LogP contribution is 2.29. The highest BCUT2D eigenvalue weighted by atomic mass is 19.1. The summed E-state index contributed by atoms with van der Waals surface area (Å²) in [5.41, 5.74) is 5.96. The molecule has 4 N–H and O–H groups in total. The van der Waals surface area contributed by atoms with Crippen molar-refractivity contribution in [2.24, 2.45) is 5.73 Å². The third kappa shape index (κ3) is 4.97. The van der Waals surface area contributed by atoms with Crippen LogP contribution in [0.3, 0.4) is 0 Å². The van der Waals surface area contributed by atoms with Gasteiger partial charge in [-0.25, -0.2) is 14.2 Å². The predicted octanol–water partition coefficient (Wildman–Crippen LogP) is 1.41. The molecule has 1 aromatic carbocycles. The molecule has 1 aromatic heterocycles. The number of ether oxygens (including phenoxy) is 1. The van der Waals surface area contributed by atoms with E-state index in [1.807, 2.05) is 22.4 Å². The summed E-state index contributed by atoms with van der Waals surface area (Å²) in [5, 5.41) is 27.3. The normalized spacial score (nSPS) is 13.1. The number of pyridine rings is 1. The number of aromatic nitrogens is 1. The van der Waals surface area contributed by atoms with E-state index in [2.05, 4.69) is 4.98 Å². The van der Waals surface area contributed by atoms with Crippen molar-refractivity contribution >= 4 is 23.6 Å². The van der Waals surface area contributed by atoms with Gasteiger partial charge in [-0.1, -0.05) is 6.07 Å². The number of benzene rings is 1. The molecule has 2 heterocycles. The summed E-state index contributed by atoms with van der Waals surface area (Å²) in [6, 6.07) is 10.3. The SMILES string of the molecule is N#Cc1ccc(N2CCN(c3c(C#N)ccc(COC(=O)NC(=N)N)c3F)CC2)nc1. The van der Waals surface area contributed by atoms with Crippen molar-refractivity contribution in [3.63, 3.8) is 0 Å². The van der Waals surface area contributed by atoms with E-state index in [0.29, 0.717) is 31.7 Å². The van der Waals surface area contributed by atoms with Crippen molar-refractivity contribution in [1.29, 1.82) is 15.9 Å². The average Bonchev–Trinajstić information content (AvgIpc) is 2.78. The molecule has 1 aliphatic rings. The van der Waals surface area contributed by atoms with Crippen molar-refractivity contribution in [3.05, 3.63) is 53.0 Å². The Morgan fingerprint density at radius 3 is 2.48 bits per heavy atom. The summed E-state index contributed by atoms with van der Waals surface area (Å²) < 4.78 is 20.1. The zero-order valence-electron chi connectivity index (χ0n) is 16.4. The third-order valence-corrected chi connectivity index (χ3v) is 4.71. The standard InChI is InChI=1S/C20H19FN8O2/c21-17-15(12-31-20(30)27-19(24)25)3-2-14(10-23)18(17)29-7-5-28(6-8-29)16-4-1-13(9-22)11-26-16/h1-4,11H,5-8,12H2,(H4,24,25,27,30). The van der Waals surface area contributed by atoms with E-state index >= 15 is 4.39 Å². The first kappa shape index (κ1) is 21.3. The Morgan fingerprint density at radius 2 is 1.90 bits per heavy atom. The first-order valence-electron chi connectivity index (χ1n) is 9.28. The maximum Gasteiger partial charge on any atom is 0.414 e. The molecule has 0 radical (unpaired) electrons. The van der Waals surface area contributed by atoms with Crippen LogP contribution in [-0.4, -0.2) is 43.2 Å². The van der Waals surface area contributed by atoms with E-state index in [-0.39, 0.29) is 23.4 Å². The molecular formula is C20H19FN8O2. The van der Waals surface area contributed by atoms with Gasteiger partial charge in [0.05, 0.1) is 16.8 Å². The molecule has 11 heteroatoms. The van der Waals surface area contributed by atoms with Crippen molar-refractivity contribution in [2.45, 2.75) is 6.61 Å².